The SMILES string of the molecule is O=C(Cc1cccc(F)c1F)Nc1ccc2oc(C(=O)NCCCn3ccnc3)cc2c1. The number of carbonyl (C=O) groups excluding carboxylic acids is 2. The Morgan fingerprint density at radius 2 is 2.00 bits per heavy atom. The molecule has 164 valence electrons. The quantitative estimate of drug-likeness (QED) is 0.408. The van der Waals surface area contributed by atoms with Crippen molar-refractivity contribution in [2.24, 2.45) is 0 Å². The van der Waals surface area contributed by atoms with Crippen molar-refractivity contribution in [3.63, 3.8) is 0 Å². The van der Waals surface area contributed by atoms with Crippen molar-refractivity contribution in [3.05, 3.63) is 84.1 Å². The van der Waals surface area contributed by atoms with Crippen molar-refractivity contribution in [2.75, 3.05) is 11.9 Å². The lowest BCUT2D eigenvalue weighted by atomic mass is 10.1. The topological polar surface area (TPSA) is 89.2 Å². The van der Waals surface area contributed by atoms with Crippen LogP contribution in [-0.2, 0) is 17.8 Å². The summed E-state index contributed by atoms with van der Waals surface area (Å²) < 4.78 is 34.6. The van der Waals surface area contributed by atoms with Crippen molar-refractivity contribution >= 4 is 28.5 Å². The number of carbonyl (C=O) groups is 2. The van der Waals surface area contributed by atoms with Gasteiger partial charge in [-0.25, -0.2) is 13.8 Å². The highest BCUT2D eigenvalue weighted by molar-refractivity contribution is 5.98. The Morgan fingerprint density at radius 1 is 1.12 bits per heavy atom. The van der Waals surface area contributed by atoms with Crippen LogP contribution >= 0.6 is 0 Å². The molecule has 2 heterocycles. The van der Waals surface area contributed by atoms with Gasteiger partial charge >= 0.3 is 0 Å². The third-order valence-corrected chi connectivity index (χ3v) is 4.84. The van der Waals surface area contributed by atoms with Gasteiger partial charge in [-0.2, -0.15) is 0 Å². The second-order valence-corrected chi connectivity index (χ2v) is 7.21. The third-order valence-electron chi connectivity index (χ3n) is 4.84. The van der Waals surface area contributed by atoms with Gasteiger partial charge in [-0.05, 0) is 36.8 Å². The monoisotopic (exact) mass is 438 g/mol. The Labute approximate surface area is 182 Å². The molecule has 0 radical (unpaired) electrons. The van der Waals surface area contributed by atoms with Gasteiger partial charge in [0.15, 0.2) is 17.4 Å². The van der Waals surface area contributed by atoms with Crippen LogP contribution in [0.5, 0.6) is 0 Å². The van der Waals surface area contributed by atoms with Crippen LogP contribution in [0.3, 0.4) is 0 Å². The number of fused-ring (bicyclic) bond motifs is 1. The van der Waals surface area contributed by atoms with Gasteiger partial charge in [0.2, 0.25) is 5.91 Å². The normalized spacial score (nSPS) is 10.9. The van der Waals surface area contributed by atoms with Crippen molar-refractivity contribution in [2.45, 2.75) is 19.4 Å². The first-order valence-electron chi connectivity index (χ1n) is 10.00. The lowest BCUT2D eigenvalue weighted by Gasteiger charge is -2.06. The third kappa shape index (κ3) is 5.00. The predicted octanol–water partition coefficient (Wildman–Crippen LogP) is 3.91. The summed E-state index contributed by atoms with van der Waals surface area (Å²) in [5.74, 6) is -2.70. The highest BCUT2D eigenvalue weighted by atomic mass is 19.2. The summed E-state index contributed by atoms with van der Waals surface area (Å²) in [5, 5.41) is 6.08. The highest BCUT2D eigenvalue weighted by Crippen LogP contribution is 2.23. The molecule has 0 bridgehead atoms. The maximum atomic E-state index is 13.8. The highest BCUT2D eigenvalue weighted by Gasteiger charge is 2.14. The molecule has 0 fully saturated rings. The van der Waals surface area contributed by atoms with E-state index in [1.165, 1.54) is 12.1 Å². The second kappa shape index (κ2) is 9.42. The van der Waals surface area contributed by atoms with Crippen LogP contribution in [0.4, 0.5) is 14.5 Å². The van der Waals surface area contributed by atoms with E-state index in [-0.39, 0.29) is 23.7 Å². The molecular formula is C23H20F2N4O3. The van der Waals surface area contributed by atoms with Gasteiger partial charge in [-0.1, -0.05) is 12.1 Å². The summed E-state index contributed by atoms with van der Waals surface area (Å²) in [5.41, 5.74) is 0.911. The number of amides is 2. The number of benzene rings is 2. The Morgan fingerprint density at radius 3 is 2.81 bits per heavy atom. The van der Waals surface area contributed by atoms with Crippen molar-refractivity contribution in [3.8, 4) is 0 Å². The molecule has 2 amide bonds. The summed E-state index contributed by atoms with van der Waals surface area (Å²) in [7, 11) is 0. The number of furan rings is 1. The van der Waals surface area contributed by atoms with Crippen LogP contribution in [0.15, 0.2) is 65.6 Å². The molecule has 0 aliphatic heterocycles. The minimum absolute atomic E-state index is 0.0288. The summed E-state index contributed by atoms with van der Waals surface area (Å²) >= 11 is 0. The van der Waals surface area contributed by atoms with Gasteiger partial charge in [0.1, 0.15) is 5.58 Å². The molecule has 0 spiro atoms. The van der Waals surface area contributed by atoms with E-state index in [4.69, 9.17) is 4.42 Å². The molecule has 4 aromatic rings. The summed E-state index contributed by atoms with van der Waals surface area (Å²) in [4.78, 5) is 28.5. The molecule has 4 rings (SSSR count). The van der Waals surface area contributed by atoms with Gasteiger partial charge < -0.3 is 19.6 Å². The molecule has 2 aromatic heterocycles. The first-order valence-corrected chi connectivity index (χ1v) is 10.00. The van der Waals surface area contributed by atoms with Gasteiger partial charge in [0, 0.05) is 42.1 Å². The second-order valence-electron chi connectivity index (χ2n) is 7.21. The fraction of sp³-hybridized carbons (Fsp3) is 0.174. The standard InChI is InChI=1S/C23H20F2N4O3/c24-18-4-1-3-15(22(18)25)13-21(30)28-17-5-6-19-16(11-17)12-20(32-19)23(31)27-7-2-9-29-10-8-26-14-29/h1,3-6,8,10-12,14H,2,7,9,13H2,(H,27,31)(H,28,30). The predicted molar refractivity (Wildman–Crippen MR) is 114 cm³/mol. The molecule has 32 heavy (non-hydrogen) atoms. The summed E-state index contributed by atoms with van der Waals surface area (Å²) in [6, 6.07) is 10.2. The number of hydrogen-bond acceptors (Lipinski definition) is 4. The molecule has 2 N–H and O–H groups in total. The maximum absolute atomic E-state index is 13.8. The minimum atomic E-state index is -1.03. The Hall–Kier alpha value is -4.01. The van der Waals surface area contributed by atoms with Gasteiger partial charge in [-0.3, -0.25) is 9.59 Å². The first-order chi connectivity index (χ1) is 15.5. The molecule has 0 unspecified atom stereocenters. The average Bonchev–Trinajstić information content (AvgIpc) is 3.44. The van der Waals surface area contributed by atoms with E-state index in [1.807, 2.05) is 10.8 Å². The number of anilines is 1. The Kier molecular flexibility index (Phi) is 6.25. The largest absolute Gasteiger partial charge is 0.451 e. The van der Waals surface area contributed by atoms with E-state index in [0.29, 0.717) is 23.2 Å². The molecule has 0 saturated heterocycles. The lowest BCUT2D eigenvalue weighted by Crippen LogP contribution is -2.24. The van der Waals surface area contributed by atoms with Crippen LogP contribution in [0.2, 0.25) is 0 Å². The molecule has 0 atom stereocenters. The number of aryl methyl sites for hydroxylation is 1. The lowest BCUT2D eigenvalue weighted by molar-refractivity contribution is -0.115. The zero-order valence-corrected chi connectivity index (χ0v) is 17.0. The van der Waals surface area contributed by atoms with Crippen LogP contribution in [0.1, 0.15) is 22.5 Å². The van der Waals surface area contributed by atoms with Crippen LogP contribution in [-0.4, -0.2) is 27.9 Å². The summed E-state index contributed by atoms with van der Waals surface area (Å²) in [6.45, 7) is 1.22. The molecule has 0 aliphatic rings. The average molecular weight is 438 g/mol. The molecule has 0 saturated carbocycles. The number of hydrogen-bond donors (Lipinski definition) is 2. The van der Waals surface area contributed by atoms with Crippen molar-refractivity contribution < 1.29 is 22.8 Å². The number of rotatable bonds is 8. The molecule has 9 heteroatoms. The van der Waals surface area contributed by atoms with Gasteiger partial charge in [0.25, 0.3) is 5.91 Å². The van der Waals surface area contributed by atoms with Crippen LogP contribution in [0, 0.1) is 11.6 Å². The minimum Gasteiger partial charge on any atom is -0.451 e. The molecule has 0 aliphatic carbocycles. The zero-order valence-electron chi connectivity index (χ0n) is 17.0. The Balaban J connectivity index is 1.35. The van der Waals surface area contributed by atoms with E-state index in [2.05, 4.69) is 15.6 Å². The Bertz CT molecular complexity index is 1250. The smallest absolute Gasteiger partial charge is 0.287 e. The number of nitrogens with one attached hydrogen (secondary N) is 2. The van der Waals surface area contributed by atoms with E-state index < -0.39 is 17.5 Å². The maximum Gasteiger partial charge on any atom is 0.287 e. The van der Waals surface area contributed by atoms with Gasteiger partial charge in [0.05, 0.1) is 12.7 Å². The van der Waals surface area contributed by atoms with E-state index in [1.54, 1.807) is 36.8 Å². The van der Waals surface area contributed by atoms with E-state index in [9.17, 15) is 18.4 Å². The fourth-order valence-corrected chi connectivity index (χ4v) is 3.27. The number of aromatic nitrogens is 2. The van der Waals surface area contributed by atoms with Crippen molar-refractivity contribution in [1.29, 1.82) is 0 Å². The fourth-order valence-electron chi connectivity index (χ4n) is 3.27. The number of halogens is 2. The van der Waals surface area contributed by atoms with Crippen LogP contribution < -0.4 is 10.6 Å². The van der Waals surface area contributed by atoms with E-state index >= 15 is 0 Å². The number of nitrogens with zero attached hydrogens (tertiary/aromatic N) is 2. The van der Waals surface area contributed by atoms with Gasteiger partial charge in [-0.15, -0.1) is 0 Å². The molecular weight excluding hydrogens is 418 g/mol. The van der Waals surface area contributed by atoms with Crippen LogP contribution in [0.25, 0.3) is 11.0 Å². The zero-order chi connectivity index (χ0) is 22.5. The summed E-state index contributed by atoms with van der Waals surface area (Å²) in [6.07, 6.45) is 5.70. The van der Waals surface area contributed by atoms with Crippen molar-refractivity contribution in [1.82, 2.24) is 14.9 Å². The molecule has 2 aromatic carbocycles. The van der Waals surface area contributed by atoms with E-state index in [0.717, 1.165) is 19.0 Å². The first kappa shape index (κ1) is 21.2. The number of imidazole rings is 1. The molecule has 7 nitrogen and oxygen atoms in total.